The second kappa shape index (κ2) is 43.5. The monoisotopic (exact) mass is 1240 g/mol. The fraction of sp³-hybridized carbons (Fsp3) is 0.700. The summed E-state index contributed by atoms with van der Waals surface area (Å²) in [5, 5.41) is 184. The van der Waals surface area contributed by atoms with Gasteiger partial charge in [0.25, 0.3) is 0 Å². The van der Waals surface area contributed by atoms with Crippen LogP contribution in [0.1, 0.15) is 123 Å². The molecule has 0 radical (unpaired) electrons. The maximum Gasteiger partial charge on any atom is 1.00 e. The molecule has 0 aromatic carbocycles. The van der Waals surface area contributed by atoms with Gasteiger partial charge in [0.1, 0.15) is 61.0 Å². The van der Waals surface area contributed by atoms with Crippen LogP contribution in [-0.4, -0.2) is 235 Å². The van der Waals surface area contributed by atoms with E-state index in [0.717, 1.165) is 12.8 Å². The molecule has 85 heavy (non-hydrogen) atoms. The summed E-state index contributed by atoms with van der Waals surface area (Å²) in [6.07, 6.45) is -3.44. The Morgan fingerprint density at radius 1 is 0.635 bits per heavy atom. The van der Waals surface area contributed by atoms with Crippen molar-refractivity contribution < 1.29 is 143 Å². The minimum Gasteiger partial charge on any atom is -0.726 e. The van der Waals surface area contributed by atoms with E-state index in [1.54, 1.807) is 37.3 Å². The molecule has 0 aromatic rings. The van der Waals surface area contributed by atoms with Crippen molar-refractivity contribution >= 4 is 10.4 Å². The van der Waals surface area contributed by atoms with E-state index in [-0.39, 0.29) is 99.5 Å². The molecule has 22 atom stereocenters. The maximum absolute atomic E-state index is 11.2. The number of aliphatic hydroxyl groups is 17. The normalized spacial score (nSPS) is 27.1. The van der Waals surface area contributed by atoms with Gasteiger partial charge in [-0.3, -0.25) is 4.18 Å². The van der Waals surface area contributed by atoms with Crippen LogP contribution in [0.5, 0.6) is 0 Å². The molecule has 2 fully saturated rings. The molecule has 2 saturated heterocycles. The van der Waals surface area contributed by atoms with E-state index in [2.05, 4.69) is 17.3 Å². The quantitative estimate of drug-likeness (QED) is 0.00746. The zero-order valence-corrected chi connectivity index (χ0v) is 52.2. The van der Waals surface area contributed by atoms with Gasteiger partial charge in [-0.05, 0) is 96.0 Å². The first-order valence-corrected chi connectivity index (χ1v) is 30.4. The van der Waals surface area contributed by atoms with Gasteiger partial charge in [0.05, 0.1) is 73.8 Å². The van der Waals surface area contributed by atoms with Gasteiger partial charge in [0.15, 0.2) is 0 Å². The first-order chi connectivity index (χ1) is 39.6. The third-order valence-electron chi connectivity index (χ3n) is 15.0. The van der Waals surface area contributed by atoms with Crippen LogP contribution in [0.3, 0.4) is 0 Å². The summed E-state index contributed by atoms with van der Waals surface area (Å²) in [5.41, 5.74) is 0.446. The van der Waals surface area contributed by atoms with E-state index in [0.29, 0.717) is 44.1 Å². The minimum atomic E-state index is -4.71. The van der Waals surface area contributed by atoms with Crippen LogP contribution in [0.15, 0.2) is 109 Å². The van der Waals surface area contributed by atoms with Crippen LogP contribution in [0.2, 0.25) is 0 Å². The first-order valence-electron chi connectivity index (χ1n) is 29.0. The SMILES string of the molecule is C=CCC/C=C/C=C/C=C/CC/C=C/C(O)C(O)C1OC(C(O)C(O)C(=C)CCC(O)C2CC(O)C(O)C(C(O)C(O)/C=C(\C)CCC(O)CC(O)C(O)C(C)C(O)C(O)C/C=C/CC(O)/C=C/CCCCCOS(=O)(=O)[O-])O2)CC(O)C1O.[Na+]. The molecule has 484 valence electrons. The van der Waals surface area contributed by atoms with Crippen LogP contribution >= 0.6 is 0 Å². The summed E-state index contributed by atoms with van der Waals surface area (Å²) in [6.45, 7) is 10.3. The van der Waals surface area contributed by atoms with Crippen LogP contribution in [0, 0.1) is 5.92 Å². The predicted molar refractivity (Wildman–Crippen MR) is 311 cm³/mol. The Balaban J connectivity index is 0.0000361. The topological polar surface area (TPSA) is 429 Å². The van der Waals surface area contributed by atoms with Crippen LogP contribution in [0.4, 0.5) is 0 Å². The standard InChI is InChI=1S/C60H100O23S.Na/c1-5-6-7-8-9-10-11-12-13-14-17-20-26-44(65)54(73)59-57(76)48(69)36-50(83-59)58(77)51(70)38(3)29-31-42(63)49-35-47(68)56(75)60(82-49)55(74)45(66)33-37(2)28-30-41(62)34-46(67)53(72)39(4)52(71)43(64)27-22-21-25-40(61)24-19-16-15-18-23-32-81-84(78,79)80;/h5,8-13,19-22,24,26,33,39-77H,1,3,6-7,14-18,23,25,27-32,34-36H2,2,4H3,(H,78,79,80);/q;+1/p-1/b9-8+,11-10+,13-12+,22-21+,24-19+,26-20+,37-33+;. The Kier molecular flexibility index (Phi) is 41.3. The molecule has 22 unspecified atom stereocenters. The van der Waals surface area contributed by atoms with E-state index in [9.17, 15) is 99.8 Å². The Hall–Kier alpha value is -2.23. The Morgan fingerprint density at radius 3 is 1.79 bits per heavy atom. The summed E-state index contributed by atoms with van der Waals surface area (Å²) in [4.78, 5) is 0. The molecule has 0 aliphatic carbocycles. The molecule has 0 aromatic heterocycles. The summed E-state index contributed by atoms with van der Waals surface area (Å²) in [6, 6.07) is 0. The summed E-state index contributed by atoms with van der Waals surface area (Å²) in [5.74, 6) is -1.04. The smallest absolute Gasteiger partial charge is 0.726 e. The molecule has 2 aliphatic rings. The number of hydrogen-bond donors (Lipinski definition) is 17. The molecular weight excluding hydrogens is 1140 g/mol. The van der Waals surface area contributed by atoms with Gasteiger partial charge in [-0.1, -0.05) is 111 Å². The average Bonchev–Trinajstić information content (AvgIpc) is 3.20. The summed E-state index contributed by atoms with van der Waals surface area (Å²) in [7, 11) is -4.71. The number of unbranched alkanes of at least 4 members (excludes halogenated alkanes) is 5. The third kappa shape index (κ3) is 31.4. The van der Waals surface area contributed by atoms with E-state index in [1.165, 1.54) is 19.1 Å². The van der Waals surface area contributed by atoms with Crippen LogP contribution in [-0.2, 0) is 24.1 Å². The van der Waals surface area contributed by atoms with Crippen molar-refractivity contribution in [2.45, 2.75) is 251 Å². The number of ether oxygens (including phenoxy) is 2. The average molecular weight is 1240 g/mol. The maximum atomic E-state index is 11.2. The third-order valence-corrected chi connectivity index (χ3v) is 15.4. The minimum absolute atomic E-state index is 0. The van der Waals surface area contributed by atoms with Gasteiger partial charge >= 0.3 is 29.6 Å². The Labute approximate surface area is 523 Å². The van der Waals surface area contributed by atoms with Crippen LogP contribution < -0.4 is 29.6 Å². The zero-order chi connectivity index (χ0) is 63.1. The second-order valence-electron chi connectivity index (χ2n) is 22.1. The number of allylic oxidation sites excluding steroid dienone is 10. The van der Waals surface area contributed by atoms with Crippen LogP contribution in [0.25, 0.3) is 0 Å². The van der Waals surface area contributed by atoms with Gasteiger partial charge in [0.2, 0.25) is 10.4 Å². The van der Waals surface area contributed by atoms with E-state index < -0.39 is 145 Å². The largest absolute Gasteiger partial charge is 1.00 e. The van der Waals surface area contributed by atoms with Gasteiger partial charge in [-0.25, -0.2) is 8.42 Å². The molecule has 2 rings (SSSR count). The molecule has 17 N–H and O–H groups in total. The fourth-order valence-electron chi connectivity index (χ4n) is 9.59. The second-order valence-corrected chi connectivity index (χ2v) is 23.1. The van der Waals surface area contributed by atoms with E-state index in [1.807, 2.05) is 42.5 Å². The number of hydrogen-bond acceptors (Lipinski definition) is 23. The van der Waals surface area contributed by atoms with Gasteiger partial charge in [0, 0.05) is 25.2 Å². The molecule has 0 saturated carbocycles. The van der Waals surface area contributed by atoms with Crippen molar-refractivity contribution in [2.24, 2.45) is 5.92 Å². The number of rotatable bonds is 42. The fourth-order valence-corrected chi connectivity index (χ4v) is 9.91. The molecule has 25 heteroatoms. The van der Waals surface area contributed by atoms with Gasteiger partial charge < -0.3 is 101 Å². The van der Waals surface area contributed by atoms with E-state index in [4.69, 9.17) is 9.47 Å². The molecule has 23 nitrogen and oxygen atoms in total. The Morgan fingerprint density at radius 2 is 1.18 bits per heavy atom. The van der Waals surface area contributed by atoms with E-state index >= 15 is 0 Å². The molecule has 0 bridgehead atoms. The predicted octanol–water partition coefficient (Wildman–Crippen LogP) is -2.57. The van der Waals surface area contributed by atoms with Crippen molar-refractivity contribution in [1.29, 1.82) is 0 Å². The molecule has 2 heterocycles. The molecular formula is C60H99NaO23S. The number of aliphatic hydroxyl groups excluding tert-OH is 17. The summed E-state index contributed by atoms with van der Waals surface area (Å²) < 4.78 is 47.0. The zero-order valence-electron chi connectivity index (χ0n) is 49.4. The van der Waals surface area contributed by atoms with Gasteiger partial charge in [-0.15, -0.1) is 6.58 Å². The molecule has 0 amide bonds. The van der Waals surface area contributed by atoms with Crippen molar-refractivity contribution in [3.63, 3.8) is 0 Å². The van der Waals surface area contributed by atoms with Crippen molar-refractivity contribution in [3.05, 3.63) is 109 Å². The Bertz CT molecular complexity index is 2180. The molecule has 2 aliphatic heterocycles. The summed E-state index contributed by atoms with van der Waals surface area (Å²) >= 11 is 0. The van der Waals surface area contributed by atoms with Crippen molar-refractivity contribution in [2.75, 3.05) is 6.61 Å². The van der Waals surface area contributed by atoms with Crippen molar-refractivity contribution in [3.8, 4) is 0 Å². The molecule has 0 spiro atoms. The van der Waals surface area contributed by atoms with Gasteiger partial charge in [-0.2, -0.15) is 0 Å². The van der Waals surface area contributed by atoms with Crippen molar-refractivity contribution in [1.82, 2.24) is 0 Å². The first kappa shape index (κ1) is 80.8.